The summed E-state index contributed by atoms with van der Waals surface area (Å²) in [7, 11) is 0. The predicted molar refractivity (Wildman–Crippen MR) is 107 cm³/mol. The van der Waals surface area contributed by atoms with E-state index >= 15 is 0 Å². The van der Waals surface area contributed by atoms with Crippen LogP contribution in [0.3, 0.4) is 0 Å². The topological polar surface area (TPSA) is 87.5 Å². The van der Waals surface area contributed by atoms with Gasteiger partial charge >= 0.3 is 0 Å². The fraction of sp³-hybridized carbons (Fsp3) is 0.882. The summed E-state index contributed by atoms with van der Waals surface area (Å²) in [5.41, 5.74) is 5.40. The van der Waals surface area contributed by atoms with Gasteiger partial charge in [0.1, 0.15) is 0 Å². The number of nitrogens with two attached hydrogens (primary N) is 1. The van der Waals surface area contributed by atoms with Gasteiger partial charge in [0.05, 0.1) is 12.0 Å². The Labute approximate surface area is 164 Å². The van der Waals surface area contributed by atoms with Crippen LogP contribution in [0.25, 0.3) is 0 Å². The van der Waals surface area contributed by atoms with Crippen LogP contribution < -0.4 is 16.4 Å². The van der Waals surface area contributed by atoms with Gasteiger partial charge in [-0.05, 0) is 32.1 Å². The first-order valence-corrected chi connectivity index (χ1v) is 9.01. The molecule has 1 saturated heterocycles. The van der Waals surface area contributed by atoms with Crippen molar-refractivity contribution in [3.63, 3.8) is 0 Å². The van der Waals surface area contributed by atoms with Gasteiger partial charge in [0.2, 0.25) is 11.8 Å². The number of piperidine rings is 1. The third kappa shape index (κ3) is 8.11. The molecule has 0 aromatic heterocycles. The van der Waals surface area contributed by atoms with Gasteiger partial charge in [0.25, 0.3) is 0 Å². The van der Waals surface area contributed by atoms with E-state index in [1.54, 1.807) is 0 Å². The molecule has 1 aliphatic heterocycles. The minimum atomic E-state index is -0.433. The van der Waals surface area contributed by atoms with Gasteiger partial charge in [-0.3, -0.25) is 14.5 Å². The normalized spacial score (nSPS) is 15.7. The van der Waals surface area contributed by atoms with E-state index < -0.39 is 5.41 Å². The van der Waals surface area contributed by atoms with Crippen LogP contribution >= 0.6 is 24.8 Å². The first-order valence-electron chi connectivity index (χ1n) is 9.01. The largest absolute Gasteiger partial charge is 0.355 e. The van der Waals surface area contributed by atoms with E-state index in [4.69, 9.17) is 5.73 Å². The average molecular weight is 399 g/mol. The van der Waals surface area contributed by atoms with Crippen molar-refractivity contribution in [1.82, 2.24) is 15.5 Å². The van der Waals surface area contributed by atoms with Crippen LogP contribution in [-0.2, 0) is 9.59 Å². The molecule has 25 heavy (non-hydrogen) atoms. The molecular formula is C17H36Cl2N4O2. The highest BCUT2D eigenvalue weighted by molar-refractivity contribution is 5.85. The van der Waals surface area contributed by atoms with Crippen molar-refractivity contribution in [3.05, 3.63) is 0 Å². The van der Waals surface area contributed by atoms with E-state index in [1.807, 2.05) is 20.8 Å². The van der Waals surface area contributed by atoms with Crippen LogP contribution in [0.15, 0.2) is 0 Å². The average Bonchev–Trinajstić information content (AvgIpc) is 2.57. The van der Waals surface area contributed by atoms with Gasteiger partial charge in [-0.1, -0.05) is 20.8 Å². The van der Waals surface area contributed by atoms with Gasteiger partial charge in [-0.2, -0.15) is 0 Å². The van der Waals surface area contributed by atoms with Crippen molar-refractivity contribution in [2.75, 3.05) is 32.7 Å². The number of amides is 2. The predicted octanol–water partition coefficient (Wildman–Crippen LogP) is 1.70. The lowest BCUT2D eigenvalue weighted by atomic mass is 9.81. The van der Waals surface area contributed by atoms with E-state index in [2.05, 4.69) is 15.5 Å². The molecule has 0 aliphatic carbocycles. The first kappa shape index (κ1) is 26.7. The summed E-state index contributed by atoms with van der Waals surface area (Å²) in [5.74, 6) is 0.178. The summed E-state index contributed by atoms with van der Waals surface area (Å²) in [5, 5.41) is 6.08. The van der Waals surface area contributed by atoms with Crippen molar-refractivity contribution in [2.24, 2.45) is 11.1 Å². The number of rotatable bonds is 9. The van der Waals surface area contributed by atoms with Crippen LogP contribution in [0, 0.1) is 5.41 Å². The summed E-state index contributed by atoms with van der Waals surface area (Å²) < 4.78 is 0. The zero-order chi connectivity index (χ0) is 17.3. The fourth-order valence-electron chi connectivity index (χ4n) is 3.05. The third-order valence-corrected chi connectivity index (χ3v) is 5.09. The number of hydrogen-bond donors (Lipinski definition) is 3. The maximum Gasteiger partial charge on any atom is 0.234 e. The summed E-state index contributed by atoms with van der Waals surface area (Å²) in [6.45, 7) is 9.36. The standard InChI is InChI=1S/C17H34N4O2.2ClH/c1-4-9-19-15(22)12-21-10-7-14(8-11-21)20-16(23)17(5-2,6-3)13-18;;/h14H,4-13,18H2,1-3H3,(H,19,22)(H,20,23);2*1H. The van der Waals surface area contributed by atoms with Crippen LogP contribution in [-0.4, -0.2) is 55.5 Å². The van der Waals surface area contributed by atoms with Gasteiger partial charge in [-0.15, -0.1) is 24.8 Å². The molecule has 0 aromatic carbocycles. The van der Waals surface area contributed by atoms with E-state index in [0.717, 1.165) is 51.7 Å². The minimum Gasteiger partial charge on any atom is -0.355 e. The SMILES string of the molecule is CCCNC(=O)CN1CCC(NC(=O)C(CC)(CC)CN)CC1.Cl.Cl. The van der Waals surface area contributed by atoms with Crippen LogP contribution in [0.2, 0.25) is 0 Å². The number of nitrogens with zero attached hydrogens (tertiary/aromatic N) is 1. The second kappa shape index (κ2) is 13.6. The van der Waals surface area contributed by atoms with Crippen LogP contribution in [0.4, 0.5) is 0 Å². The Bertz CT molecular complexity index is 377. The second-order valence-corrected chi connectivity index (χ2v) is 6.57. The number of carbonyl (C=O) groups is 2. The van der Waals surface area contributed by atoms with Crippen LogP contribution in [0.1, 0.15) is 52.9 Å². The maximum absolute atomic E-state index is 12.5. The summed E-state index contributed by atoms with van der Waals surface area (Å²) in [6, 6.07) is 0.196. The molecule has 1 heterocycles. The molecule has 8 heteroatoms. The monoisotopic (exact) mass is 398 g/mol. The summed E-state index contributed by atoms with van der Waals surface area (Å²) in [4.78, 5) is 26.4. The van der Waals surface area contributed by atoms with Crippen molar-refractivity contribution >= 4 is 36.6 Å². The molecule has 0 aromatic rings. The maximum atomic E-state index is 12.5. The zero-order valence-corrected chi connectivity index (χ0v) is 17.4. The van der Waals surface area contributed by atoms with E-state index in [1.165, 1.54) is 0 Å². The smallest absolute Gasteiger partial charge is 0.234 e. The molecule has 1 aliphatic rings. The molecule has 0 bridgehead atoms. The lowest BCUT2D eigenvalue weighted by Crippen LogP contribution is -2.52. The Morgan fingerprint density at radius 3 is 2.12 bits per heavy atom. The van der Waals surface area contributed by atoms with E-state index in [9.17, 15) is 9.59 Å². The van der Waals surface area contributed by atoms with E-state index in [0.29, 0.717) is 13.1 Å². The molecule has 1 rings (SSSR count). The third-order valence-electron chi connectivity index (χ3n) is 5.09. The number of likely N-dealkylation sites (tertiary alicyclic amines) is 1. The van der Waals surface area contributed by atoms with Gasteiger partial charge in [0, 0.05) is 32.2 Å². The van der Waals surface area contributed by atoms with Crippen molar-refractivity contribution in [3.8, 4) is 0 Å². The Hall–Kier alpha value is -0.560. The van der Waals surface area contributed by atoms with Gasteiger partial charge < -0.3 is 16.4 Å². The molecule has 0 radical (unpaired) electrons. The molecular weight excluding hydrogens is 363 g/mol. The number of nitrogens with one attached hydrogen (secondary N) is 2. The Morgan fingerprint density at radius 1 is 1.12 bits per heavy atom. The first-order chi connectivity index (χ1) is 11.0. The number of hydrogen-bond acceptors (Lipinski definition) is 4. The van der Waals surface area contributed by atoms with Crippen LogP contribution in [0.5, 0.6) is 0 Å². The van der Waals surface area contributed by atoms with Crippen molar-refractivity contribution in [2.45, 2.75) is 58.9 Å². The molecule has 2 amide bonds. The molecule has 0 unspecified atom stereocenters. The Balaban J connectivity index is 0. The van der Waals surface area contributed by atoms with Gasteiger partial charge in [-0.25, -0.2) is 0 Å². The molecule has 0 saturated carbocycles. The van der Waals surface area contributed by atoms with Gasteiger partial charge in [0.15, 0.2) is 0 Å². The molecule has 6 nitrogen and oxygen atoms in total. The number of carbonyl (C=O) groups excluding carboxylic acids is 2. The minimum absolute atomic E-state index is 0. The fourth-order valence-corrected chi connectivity index (χ4v) is 3.05. The summed E-state index contributed by atoms with van der Waals surface area (Å²) >= 11 is 0. The quantitative estimate of drug-likeness (QED) is 0.551. The lowest BCUT2D eigenvalue weighted by Gasteiger charge is -2.35. The molecule has 0 spiro atoms. The Morgan fingerprint density at radius 2 is 1.68 bits per heavy atom. The Kier molecular flexibility index (Phi) is 14.5. The molecule has 1 fully saturated rings. The summed E-state index contributed by atoms with van der Waals surface area (Å²) in [6.07, 6.45) is 4.27. The highest BCUT2D eigenvalue weighted by atomic mass is 35.5. The molecule has 0 atom stereocenters. The molecule has 150 valence electrons. The highest BCUT2D eigenvalue weighted by Gasteiger charge is 2.35. The lowest BCUT2D eigenvalue weighted by molar-refractivity contribution is -0.132. The highest BCUT2D eigenvalue weighted by Crippen LogP contribution is 2.25. The van der Waals surface area contributed by atoms with Crippen molar-refractivity contribution in [1.29, 1.82) is 0 Å². The second-order valence-electron chi connectivity index (χ2n) is 6.57. The van der Waals surface area contributed by atoms with Crippen molar-refractivity contribution < 1.29 is 9.59 Å². The zero-order valence-electron chi connectivity index (χ0n) is 15.8. The molecule has 4 N–H and O–H groups in total. The number of halogens is 2. The van der Waals surface area contributed by atoms with E-state index in [-0.39, 0.29) is 42.7 Å².